The first-order chi connectivity index (χ1) is 11.2. The van der Waals surface area contributed by atoms with Crippen molar-refractivity contribution in [3.8, 4) is 0 Å². The van der Waals surface area contributed by atoms with Crippen LogP contribution in [0, 0.1) is 0 Å². The number of aryl methyl sites for hydroxylation is 2. The van der Waals surface area contributed by atoms with E-state index in [1.165, 1.54) is 23.3 Å². The highest BCUT2D eigenvalue weighted by Gasteiger charge is 2.19. The lowest BCUT2D eigenvalue weighted by atomic mass is 9.97. The van der Waals surface area contributed by atoms with Crippen LogP contribution in [-0.4, -0.2) is 41.0 Å². The molecule has 3 rings (SSSR count). The number of hydrogen-bond donors (Lipinski definition) is 2. The number of nitrogens with one attached hydrogen (secondary N) is 2. The maximum absolute atomic E-state index is 12.4. The summed E-state index contributed by atoms with van der Waals surface area (Å²) in [6.45, 7) is 9.04. The standard InChI is InChI=1S/C17H26N4OS/c1-3-21(4-2)10-9-18-11-14-19-16(22)15-12-7-5-6-8-13(12)23-17(15)20-14/h18H,3-11H2,1-2H3,(H,19,20,22). The molecule has 0 saturated heterocycles. The van der Waals surface area contributed by atoms with Gasteiger partial charge in [-0.1, -0.05) is 13.8 Å². The van der Waals surface area contributed by atoms with E-state index in [2.05, 4.69) is 34.0 Å². The zero-order chi connectivity index (χ0) is 16.2. The molecule has 1 aliphatic rings. The molecule has 0 radical (unpaired) electrons. The molecule has 2 aromatic rings. The number of fused-ring (bicyclic) bond motifs is 3. The highest BCUT2D eigenvalue weighted by Crippen LogP contribution is 2.33. The number of aromatic amines is 1. The fourth-order valence-corrected chi connectivity index (χ4v) is 4.56. The Morgan fingerprint density at radius 1 is 1.26 bits per heavy atom. The lowest BCUT2D eigenvalue weighted by Gasteiger charge is -2.17. The maximum Gasteiger partial charge on any atom is 0.259 e. The van der Waals surface area contributed by atoms with Crippen molar-refractivity contribution in [1.82, 2.24) is 20.2 Å². The van der Waals surface area contributed by atoms with E-state index in [-0.39, 0.29) is 5.56 Å². The summed E-state index contributed by atoms with van der Waals surface area (Å²) in [5, 5.41) is 4.23. The molecule has 0 amide bonds. The predicted octanol–water partition coefficient (Wildman–Crippen LogP) is 2.29. The molecule has 1 aliphatic carbocycles. The minimum atomic E-state index is 0.0370. The second kappa shape index (κ2) is 7.55. The van der Waals surface area contributed by atoms with Gasteiger partial charge >= 0.3 is 0 Å². The zero-order valence-electron chi connectivity index (χ0n) is 14.1. The average Bonchev–Trinajstić information content (AvgIpc) is 2.93. The second-order valence-electron chi connectivity index (χ2n) is 6.11. The quantitative estimate of drug-likeness (QED) is 0.763. The van der Waals surface area contributed by atoms with Gasteiger partial charge in [0.15, 0.2) is 0 Å². The number of rotatable bonds is 7. The summed E-state index contributed by atoms with van der Waals surface area (Å²) in [7, 11) is 0. The van der Waals surface area contributed by atoms with Crippen LogP contribution in [0.15, 0.2) is 4.79 Å². The Balaban J connectivity index is 1.69. The van der Waals surface area contributed by atoms with Gasteiger partial charge in [0.1, 0.15) is 10.7 Å². The van der Waals surface area contributed by atoms with E-state index < -0.39 is 0 Å². The van der Waals surface area contributed by atoms with Gasteiger partial charge in [0, 0.05) is 18.0 Å². The SMILES string of the molecule is CCN(CC)CCNCc1nc2sc3c(c2c(=O)[nH]1)CCCC3. The normalized spacial score (nSPS) is 14.6. The van der Waals surface area contributed by atoms with Gasteiger partial charge in [0.2, 0.25) is 0 Å². The monoisotopic (exact) mass is 334 g/mol. The van der Waals surface area contributed by atoms with Crippen LogP contribution in [-0.2, 0) is 19.4 Å². The molecule has 0 unspecified atom stereocenters. The fraction of sp³-hybridized carbons (Fsp3) is 0.647. The number of aromatic nitrogens is 2. The lowest BCUT2D eigenvalue weighted by molar-refractivity contribution is 0.302. The molecule has 2 heterocycles. The van der Waals surface area contributed by atoms with Crippen LogP contribution in [0.1, 0.15) is 43.0 Å². The molecular weight excluding hydrogens is 308 g/mol. The molecule has 2 N–H and O–H groups in total. The third kappa shape index (κ3) is 3.65. The van der Waals surface area contributed by atoms with Crippen LogP contribution in [0.5, 0.6) is 0 Å². The molecule has 5 nitrogen and oxygen atoms in total. The molecule has 0 aromatic carbocycles. The molecule has 0 bridgehead atoms. The van der Waals surface area contributed by atoms with E-state index >= 15 is 0 Å². The largest absolute Gasteiger partial charge is 0.309 e. The Hall–Kier alpha value is -1.24. The van der Waals surface area contributed by atoms with Crippen molar-refractivity contribution in [2.75, 3.05) is 26.2 Å². The van der Waals surface area contributed by atoms with E-state index in [1.807, 2.05) is 0 Å². The van der Waals surface area contributed by atoms with E-state index in [0.717, 1.165) is 55.1 Å². The zero-order valence-corrected chi connectivity index (χ0v) is 14.9. The lowest BCUT2D eigenvalue weighted by Crippen LogP contribution is -2.32. The highest BCUT2D eigenvalue weighted by molar-refractivity contribution is 7.18. The van der Waals surface area contributed by atoms with Crippen molar-refractivity contribution in [3.05, 3.63) is 26.6 Å². The summed E-state index contributed by atoms with van der Waals surface area (Å²) in [5.74, 6) is 0.751. The Bertz CT molecular complexity index is 717. The first-order valence-electron chi connectivity index (χ1n) is 8.69. The highest BCUT2D eigenvalue weighted by atomic mass is 32.1. The molecule has 6 heteroatoms. The predicted molar refractivity (Wildman–Crippen MR) is 96.4 cm³/mol. The summed E-state index contributed by atoms with van der Waals surface area (Å²) in [6, 6.07) is 0. The van der Waals surface area contributed by atoms with Crippen molar-refractivity contribution in [1.29, 1.82) is 0 Å². The van der Waals surface area contributed by atoms with Gasteiger partial charge in [-0.3, -0.25) is 4.79 Å². The Labute approximate surface area is 141 Å². The Kier molecular flexibility index (Phi) is 5.46. The van der Waals surface area contributed by atoms with E-state index in [4.69, 9.17) is 0 Å². The van der Waals surface area contributed by atoms with Crippen LogP contribution < -0.4 is 10.9 Å². The van der Waals surface area contributed by atoms with Gasteiger partial charge in [0.05, 0.1) is 11.9 Å². The molecule has 0 atom stereocenters. The third-order valence-corrected chi connectivity index (χ3v) is 5.85. The van der Waals surface area contributed by atoms with Crippen LogP contribution in [0.3, 0.4) is 0 Å². The van der Waals surface area contributed by atoms with Gasteiger partial charge in [-0.2, -0.15) is 0 Å². The Morgan fingerprint density at radius 3 is 2.83 bits per heavy atom. The van der Waals surface area contributed by atoms with E-state index in [0.29, 0.717) is 6.54 Å². The smallest absolute Gasteiger partial charge is 0.259 e. The number of thiophene rings is 1. The summed E-state index contributed by atoms with van der Waals surface area (Å²) < 4.78 is 0. The van der Waals surface area contributed by atoms with Crippen molar-refractivity contribution < 1.29 is 0 Å². The number of hydrogen-bond acceptors (Lipinski definition) is 5. The molecule has 23 heavy (non-hydrogen) atoms. The number of nitrogens with zero attached hydrogens (tertiary/aromatic N) is 2. The molecule has 126 valence electrons. The molecule has 2 aromatic heterocycles. The maximum atomic E-state index is 12.4. The van der Waals surface area contributed by atoms with Gasteiger partial charge in [-0.15, -0.1) is 11.3 Å². The van der Waals surface area contributed by atoms with Crippen LogP contribution >= 0.6 is 11.3 Å². The van der Waals surface area contributed by atoms with Crippen molar-refractivity contribution >= 4 is 21.6 Å². The van der Waals surface area contributed by atoms with Gasteiger partial charge in [-0.25, -0.2) is 4.98 Å². The average molecular weight is 334 g/mol. The summed E-state index contributed by atoms with van der Waals surface area (Å²) in [6.07, 6.45) is 4.55. The minimum Gasteiger partial charge on any atom is -0.309 e. The summed E-state index contributed by atoms with van der Waals surface area (Å²) in [4.78, 5) is 24.8. The summed E-state index contributed by atoms with van der Waals surface area (Å²) >= 11 is 1.71. The second-order valence-corrected chi connectivity index (χ2v) is 7.19. The minimum absolute atomic E-state index is 0.0370. The van der Waals surface area contributed by atoms with Gasteiger partial charge in [0.25, 0.3) is 5.56 Å². The number of likely N-dealkylation sites (N-methyl/N-ethyl adjacent to an activating group) is 1. The molecule has 0 spiro atoms. The first kappa shape index (κ1) is 16.6. The third-order valence-electron chi connectivity index (χ3n) is 4.67. The molecule has 0 fully saturated rings. The Morgan fingerprint density at radius 2 is 2.04 bits per heavy atom. The molecular formula is C17H26N4OS. The summed E-state index contributed by atoms with van der Waals surface area (Å²) in [5.41, 5.74) is 1.29. The molecule has 0 aliphatic heterocycles. The van der Waals surface area contributed by atoms with Gasteiger partial charge < -0.3 is 15.2 Å². The fourth-order valence-electron chi connectivity index (χ4n) is 3.28. The van der Waals surface area contributed by atoms with E-state index in [1.54, 1.807) is 11.3 Å². The van der Waals surface area contributed by atoms with Crippen molar-refractivity contribution in [3.63, 3.8) is 0 Å². The van der Waals surface area contributed by atoms with Crippen LogP contribution in [0.4, 0.5) is 0 Å². The van der Waals surface area contributed by atoms with Crippen molar-refractivity contribution in [2.24, 2.45) is 0 Å². The van der Waals surface area contributed by atoms with Gasteiger partial charge in [-0.05, 0) is 44.3 Å². The molecule has 0 saturated carbocycles. The van der Waals surface area contributed by atoms with E-state index in [9.17, 15) is 4.79 Å². The van der Waals surface area contributed by atoms with Crippen molar-refractivity contribution in [2.45, 2.75) is 46.1 Å². The first-order valence-corrected chi connectivity index (χ1v) is 9.51. The number of H-pyrrole nitrogens is 1. The van der Waals surface area contributed by atoms with Crippen LogP contribution in [0.25, 0.3) is 10.2 Å². The topological polar surface area (TPSA) is 61.0 Å². The van der Waals surface area contributed by atoms with Crippen LogP contribution in [0.2, 0.25) is 0 Å².